The molecule has 1 amide bonds. The number of oxazole rings is 1. The summed E-state index contributed by atoms with van der Waals surface area (Å²) in [5, 5.41) is 13.1. The number of hydrogen-bond donors (Lipinski definition) is 2. The van der Waals surface area contributed by atoms with Crippen molar-refractivity contribution in [3.8, 4) is 0 Å². The Kier molecular flexibility index (Phi) is 5.69. The van der Waals surface area contributed by atoms with Gasteiger partial charge in [-0.05, 0) is 29.7 Å². The van der Waals surface area contributed by atoms with Gasteiger partial charge in [0.05, 0.1) is 6.10 Å². The SMILES string of the molecule is O=C(CCc1nc2ccccc2o1)NC[C@H](O)CN1CCc2ccccc2C1. The summed E-state index contributed by atoms with van der Waals surface area (Å²) in [5.41, 5.74) is 4.25. The number of fused-ring (bicyclic) bond motifs is 2. The summed E-state index contributed by atoms with van der Waals surface area (Å²) in [6.07, 6.45) is 1.15. The second kappa shape index (κ2) is 8.54. The third-order valence-electron chi connectivity index (χ3n) is 5.12. The Morgan fingerprint density at radius 1 is 1.18 bits per heavy atom. The molecule has 1 aromatic heterocycles. The van der Waals surface area contributed by atoms with Crippen LogP contribution in [-0.2, 0) is 24.2 Å². The van der Waals surface area contributed by atoms with E-state index in [1.54, 1.807) is 0 Å². The highest BCUT2D eigenvalue weighted by molar-refractivity contribution is 5.76. The van der Waals surface area contributed by atoms with Crippen LogP contribution in [0, 0.1) is 0 Å². The normalized spacial score (nSPS) is 15.3. The van der Waals surface area contributed by atoms with E-state index >= 15 is 0 Å². The molecule has 28 heavy (non-hydrogen) atoms. The Labute approximate surface area is 164 Å². The van der Waals surface area contributed by atoms with E-state index in [9.17, 15) is 9.90 Å². The minimum absolute atomic E-state index is 0.106. The number of rotatable bonds is 7. The monoisotopic (exact) mass is 379 g/mol. The van der Waals surface area contributed by atoms with Crippen LogP contribution in [0.3, 0.4) is 0 Å². The average Bonchev–Trinajstić information content (AvgIpc) is 3.14. The first kappa shape index (κ1) is 18.7. The average molecular weight is 379 g/mol. The van der Waals surface area contributed by atoms with Gasteiger partial charge in [0, 0.05) is 39.0 Å². The molecule has 2 N–H and O–H groups in total. The van der Waals surface area contributed by atoms with Crippen LogP contribution < -0.4 is 5.32 Å². The number of amides is 1. The molecule has 0 saturated heterocycles. The summed E-state index contributed by atoms with van der Waals surface area (Å²) in [5.74, 6) is 0.453. The van der Waals surface area contributed by atoms with Crippen molar-refractivity contribution in [2.75, 3.05) is 19.6 Å². The van der Waals surface area contributed by atoms with Crippen LogP contribution in [0.5, 0.6) is 0 Å². The number of carbonyl (C=O) groups excluding carboxylic acids is 1. The molecule has 0 spiro atoms. The summed E-state index contributed by atoms with van der Waals surface area (Å²) in [6.45, 7) is 2.59. The van der Waals surface area contributed by atoms with Crippen molar-refractivity contribution in [3.63, 3.8) is 0 Å². The van der Waals surface area contributed by atoms with Gasteiger partial charge < -0.3 is 14.8 Å². The molecule has 0 aliphatic carbocycles. The Hall–Kier alpha value is -2.70. The smallest absolute Gasteiger partial charge is 0.220 e. The van der Waals surface area contributed by atoms with E-state index < -0.39 is 6.10 Å². The Balaban J connectivity index is 1.19. The standard InChI is InChI=1S/C22H25N3O3/c26-18(15-25-12-11-16-5-1-2-6-17(16)14-25)13-23-21(27)9-10-22-24-19-7-3-4-8-20(19)28-22/h1-8,18,26H,9-15H2,(H,23,27)/t18-/m0/s1. The zero-order valence-electron chi connectivity index (χ0n) is 15.8. The van der Waals surface area contributed by atoms with Crippen LogP contribution in [0.15, 0.2) is 52.9 Å². The lowest BCUT2D eigenvalue weighted by Crippen LogP contribution is -2.42. The van der Waals surface area contributed by atoms with Crippen LogP contribution in [0.25, 0.3) is 11.1 Å². The number of aromatic nitrogens is 1. The van der Waals surface area contributed by atoms with E-state index in [4.69, 9.17) is 4.42 Å². The molecule has 0 fully saturated rings. The molecule has 0 radical (unpaired) electrons. The molecule has 2 aromatic carbocycles. The highest BCUT2D eigenvalue weighted by atomic mass is 16.3. The largest absolute Gasteiger partial charge is 0.441 e. The van der Waals surface area contributed by atoms with Gasteiger partial charge in [-0.25, -0.2) is 4.98 Å². The maximum absolute atomic E-state index is 12.1. The topological polar surface area (TPSA) is 78.6 Å². The van der Waals surface area contributed by atoms with Gasteiger partial charge in [0.15, 0.2) is 11.5 Å². The van der Waals surface area contributed by atoms with Gasteiger partial charge in [-0.2, -0.15) is 0 Å². The highest BCUT2D eigenvalue weighted by Gasteiger charge is 2.18. The first-order valence-electron chi connectivity index (χ1n) is 9.76. The van der Waals surface area contributed by atoms with Crippen molar-refractivity contribution in [1.29, 1.82) is 0 Å². The van der Waals surface area contributed by atoms with Gasteiger partial charge in [-0.3, -0.25) is 9.69 Å². The minimum Gasteiger partial charge on any atom is -0.441 e. The maximum atomic E-state index is 12.1. The molecule has 6 nitrogen and oxygen atoms in total. The van der Waals surface area contributed by atoms with Crippen LogP contribution in [0.2, 0.25) is 0 Å². The highest BCUT2D eigenvalue weighted by Crippen LogP contribution is 2.18. The third-order valence-corrected chi connectivity index (χ3v) is 5.12. The number of nitrogens with one attached hydrogen (secondary N) is 1. The number of aliphatic hydroxyl groups excluding tert-OH is 1. The molecule has 3 aromatic rings. The molecular formula is C22H25N3O3. The van der Waals surface area contributed by atoms with Crippen LogP contribution in [0.4, 0.5) is 0 Å². The van der Waals surface area contributed by atoms with Crippen LogP contribution >= 0.6 is 0 Å². The van der Waals surface area contributed by atoms with Gasteiger partial charge in [0.2, 0.25) is 5.91 Å². The van der Waals surface area contributed by atoms with E-state index in [2.05, 4.69) is 39.5 Å². The maximum Gasteiger partial charge on any atom is 0.220 e. The predicted octanol–water partition coefficient (Wildman–Crippen LogP) is 2.30. The van der Waals surface area contributed by atoms with Crippen molar-refractivity contribution < 1.29 is 14.3 Å². The third kappa shape index (κ3) is 4.58. The van der Waals surface area contributed by atoms with Gasteiger partial charge in [-0.15, -0.1) is 0 Å². The number of aliphatic hydroxyl groups is 1. The number of aryl methyl sites for hydroxylation is 1. The van der Waals surface area contributed by atoms with Gasteiger partial charge >= 0.3 is 0 Å². The molecule has 4 rings (SSSR count). The van der Waals surface area contributed by atoms with E-state index in [-0.39, 0.29) is 18.9 Å². The van der Waals surface area contributed by atoms with E-state index in [1.165, 1.54) is 11.1 Å². The second-order valence-corrected chi connectivity index (χ2v) is 7.29. The fourth-order valence-electron chi connectivity index (χ4n) is 3.64. The van der Waals surface area contributed by atoms with Crippen molar-refractivity contribution in [2.24, 2.45) is 0 Å². The van der Waals surface area contributed by atoms with Gasteiger partial charge in [-0.1, -0.05) is 36.4 Å². The molecule has 1 aliphatic heterocycles. The van der Waals surface area contributed by atoms with Gasteiger partial charge in [0.25, 0.3) is 0 Å². The number of benzene rings is 2. The Morgan fingerprint density at radius 3 is 2.82 bits per heavy atom. The lowest BCUT2D eigenvalue weighted by Gasteiger charge is -2.30. The van der Waals surface area contributed by atoms with Gasteiger partial charge in [0.1, 0.15) is 5.52 Å². The Morgan fingerprint density at radius 2 is 1.96 bits per heavy atom. The van der Waals surface area contributed by atoms with E-state index in [1.807, 2.05) is 24.3 Å². The molecule has 0 bridgehead atoms. The minimum atomic E-state index is -0.585. The number of hydrogen-bond acceptors (Lipinski definition) is 5. The second-order valence-electron chi connectivity index (χ2n) is 7.29. The summed E-state index contributed by atoms with van der Waals surface area (Å²) >= 11 is 0. The Bertz CT molecular complexity index is 920. The molecule has 2 heterocycles. The molecule has 1 atom stereocenters. The fourth-order valence-corrected chi connectivity index (χ4v) is 3.64. The molecular weight excluding hydrogens is 354 g/mol. The zero-order valence-corrected chi connectivity index (χ0v) is 15.8. The molecule has 0 unspecified atom stereocenters. The molecule has 0 saturated carbocycles. The van der Waals surface area contributed by atoms with Crippen molar-refractivity contribution in [3.05, 3.63) is 65.5 Å². The fraction of sp³-hybridized carbons (Fsp3) is 0.364. The molecule has 1 aliphatic rings. The van der Waals surface area contributed by atoms with E-state index in [0.29, 0.717) is 18.9 Å². The first-order chi connectivity index (χ1) is 13.7. The number of nitrogens with zero attached hydrogens (tertiary/aromatic N) is 2. The number of para-hydroxylation sites is 2. The first-order valence-corrected chi connectivity index (χ1v) is 9.76. The summed E-state index contributed by atoms with van der Waals surface area (Å²) in [7, 11) is 0. The van der Waals surface area contributed by atoms with Crippen molar-refractivity contribution in [2.45, 2.75) is 31.9 Å². The summed E-state index contributed by atoms with van der Waals surface area (Å²) < 4.78 is 5.63. The number of β-amino-alcohol motifs (C(OH)–C–C–N with tert-alkyl or cyclic N) is 1. The van der Waals surface area contributed by atoms with Crippen LogP contribution in [-0.4, -0.2) is 46.6 Å². The van der Waals surface area contributed by atoms with Crippen molar-refractivity contribution in [1.82, 2.24) is 15.2 Å². The van der Waals surface area contributed by atoms with E-state index in [0.717, 1.165) is 30.6 Å². The zero-order chi connectivity index (χ0) is 19.3. The summed E-state index contributed by atoms with van der Waals surface area (Å²) in [4.78, 5) is 18.7. The lowest BCUT2D eigenvalue weighted by molar-refractivity contribution is -0.121. The van der Waals surface area contributed by atoms with Crippen molar-refractivity contribution >= 4 is 17.0 Å². The quantitative estimate of drug-likeness (QED) is 0.659. The predicted molar refractivity (Wildman–Crippen MR) is 107 cm³/mol. The summed E-state index contributed by atoms with van der Waals surface area (Å²) in [6, 6.07) is 16.0. The lowest BCUT2D eigenvalue weighted by atomic mass is 10.00. The molecule has 146 valence electrons. The van der Waals surface area contributed by atoms with Crippen LogP contribution in [0.1, 0.15) is 23.4 Å². The molecule has 6 heteroatoms. The number of carbonyl (C=O) groups is 1.